The number of nitrogens with one attached hydrogen (secondary N) is 3. The molecule has 4 fully saturated rings. The predicted molar refractivity (Wildman–Crippen MR) is 155 cm³/mol. The van der Waals surface area contributed by atoms with Crippen LogP contribution in [0.5, 0.6) is 0 Å². The lowest BCUT2D eigenvalue weighted by atomic mass is 9.43. The van der Waals surface area contributed by atoms with Gasteiger partial charge in [-0.25, -0.2) is 13.6 Å². The van der Waals surface area contributed by atoms with E-state index in [2.05, 4.69) is 55.6 Å². The molecule has 3 aliphatic carbocycles. The van der Waals surface area contributed by atoms with Crippen molar-refractivity contribution in [1.82, 2.24) is 16.0 Å². The Balaban J connectivity index is 1.68. The summed E-state index contributed by atoms with van der Waals surface area (Å²) in [5, 5.41) is 13.9. The normalized spacial score (nSPS) is 28.9. The van der Waals surface area contributed by atoms with Gasteiger partial charge in [-0.1, -0.05) is 27.7 Å². The van der Waals surface area contributed by atoms with Crippen molar-refractivity contribution in [3.8, 4) is 0 Å². The van der Waals surface area contributed by atoms with Gasteiger partial charge in [0.1, 0.15) is 6.04 Å². The minimum Gasteiger partial charge on any atom is -0.404 e. The SMILES string of the molecule is CN=C(N)NCCC[C@H](NC(=O)CCCS(N)(=O)=O)C(=O)N[C@@H](CC(C)C)B1O[C@@H]2C[C@@H]3C[C@@H](C3(C)C)[C@]2(C)O1. The van der Waals surface area contributed by atoms with Crippen LogP contribution in [0.25, 0.3) is 0 Å². The van der Waals surface area contributed by atoms with Gasteiger partial charge in [0.25, 0.3) is 0 Å². The maximum Gasteiger partial charge on any atom is 0.481 e. The number of nitrogens with two attached hydrogens (primary N) is 2. The molecule has 6 atom stereocenters. The molecule has 0 aromatic rings. The van der Waals surface area contributed by atoms with Gasteiger partial charge in [0, 0.05) is 20.0 Å². The van der Waals surface area contributed by atoms with Crippen LogP contribution >= 0.6 is 0 Å². The zero-order valence-electron chi connectivity index (χ0n) is 24.9. The smallest absolute Gasteiger partial charge is 0.404 e. The van der Waals surface area contributed by atoms with Gasteiger partial charge in [-0.3, -0.25) is 14.6 Å². The van der Waals surface area contributed by atoms with E-state index in [-0.39, 0.29) is 47.9 Å². The fourth-order valence-electron chi connectivity index (χ4n) is 6.67. The fraction of sp³-hybridized carbons (Fsp3) is 0.885. The number of hydrogen-bond donors (Lipinski definition) is 5. The Bertz CT molecular complexity index is 1060. The van der Waals surface area contributed by atoms with Gasteiger partial charge in [0.2, 0.25) is 21.8 Å². The predicted octanol–water partition coefficient (Wildman–Crippen LogP) is 0.653. The third-order valence-electron chi connectivity index (χ3n) is 9.05. The molecule has 0 unspecified atom stereocenters. The molecule has 7 N–H and O–H groups in total. The maximum absolute atomic E-state index is 13.6. The molecule has 12 nitrogen and oxygen atoms in total. The zero-order chi connectivity index (χ0) is 29.9. The number of sulfonamides is 1. The highest BCUT2D eigenvalue weighted by Crippen LogP contribution is 2.65. The minimum absolute atomic E-state index is 0.00748. The maximum atomic E-state index is 13.6. The molecule has 0 aromatic heterocycles. The molecule has 4 rings (SSSR count). The number of nitrogens with zero attached hydrogens (tertiary/aromatic N) is 1. The summed E-state index contributed by atoms with van der Waals surface area (Å²) in [7, 11) is -2.68. The number of amides is 2. The van der Waals surface area contributed by atoms with E-state index in [0.717, 1.165) is 12.8 Å². The molecule has 0 aromatic carbocycles. The van der Waals surface area contributed by atoms with E-state index in [4.69, 9.17) is 20.2 Å². The van der Waals surface area contributed by atoms with E-state index in [1.807, 2.05) is 0 Å². The lowest BCUT2D eigenvalue weighted by Crippen LogP contribution is -2.65. The summed E-state index contributed by atoms with van der Waals surface area (Å²) < 4.78 is 35.6. The van der Waals surface area contributed by atoms with E-state index in [1.54, 1.807) is 7.05 Å². The molecule has 228 valence electrons. The fourth-order valence-corrected chi connectivity index (χ4v) is 7.22. The Kier molecular flexibility index (Phi) is 10.6. The number of carbonyl (C=O) groups is 2. The van der Waals surface area contributed by atoms with Gasteiger partial charge in [-0.2, -0.15) is 0 Å². The summed E-state index contributed by atoms with van der Waals surface area (Å²) >= 11 is 0. The van der Waals surface area contributed by atoms with Crippen molar-refractivity contribution in [1.29, 1.82) is 0 Å². The highest BCUT2D eigenvalue weighted by atomic mass is 32.2. The first-order valence-electron chi connectivity index (χ1n) is 14.5. The lowest BCUT2D eigenvalue weighted by Gasteiger charge is -2.64. The molecule has 2 amide bonds. The summed E-state index contributed by atoms with van der Waals surface area (Å²) in [5.74, 6) is 0.132. The van der Waals surface area contributed by atoms with Crippen molar-refractivity contribution >= 4 is 34.9 Å². The lowest BCUT2D eigenvalue weighted by molar-refractivity contribution is -0.199. The molecule has 0 radical (unpaired) electrons. The van der Waals surface area contributed by atoms with Gasteiger partial charge in [-0.15, -0.1) is 0 Å². The van der Waals surface area contributed by atoms with Gasteiger partial charge in [-0.05, 0) is 68.6 Å². The standard InChI is InChI=1S/C26H49BN6O6S/c1-16(2)13-21(27-38-20-15-17-14-19(25(17,3)4)26(20,5)39-27)33-23(35)18(9-7-11-31-24(28)30-6)32-22(34)10-8-12-40(29,36)37/h16-21H,7-15H2,1-6H3,(H,32,34)(H,33,35)(H3,28,30,31)(H2,29,36,37)/t17-,18-,19-,20+,21-,26-/m0/s1. The van der Waals surface area contributed by atoms with Gasteiger partial charge in [0.15, 0.2) is 5.96 Å². The third kappa shape index (κ3) is 7.89. The van der Waals surface area contributed by atoms with Crippen molar-refractivity contribution in [2.24, 2.45) is 39.0 Å². The van der Waals surface area contributed by atoms with Crippen LogP contribution in [-0.2, 0) is 28.9 Å². The zero-order valence-corrected chi connectivity index (χ0v) is 25.7. The van der Waals surface area contributed by atoms with Crippen LogP contribution in [0.2, 0.25) is 0 Å². The number of guanidine groups is 1. The average molecular weight is 585 g/mol. The first kappa shape index (κ1) is 32.6. The Labute approximate surface area is 239 Å². The molecule has 40 heavy (non-hydrogen) atoms. The number of rotatable bonds is 14. The van der Waals surface area contributed by atoms with Crippen molar-refractivity contribution in [2.75, 3.05) is 19.3 Å². The summed E-state index contributed by atoms with van der Waals surface area (Å²) in [4.78, 5) is 30.1. The molecule has 1 heterocycles. The van der Waals surface area contributed by atoms with E-state index >= 15 is 0 Å². The molecular formula is C26H49BN6O6S. The number of primary sulfonamides is 1. The van der Waals surface area contributed by atoms with E-state index in [9.17, 15) is 18.0 Å². The van der Waals surface area contributed by atoms with Crippen LogP contribution in [0, 0.1) is 23.2 Å². The second-order valence-electron chi connectivity index (χ2n) is 12.9. The monoisotopic (exact) mass is 584 g/mol. The number of carbonyl (C=O) groups excluding carboxylic acids is 2. The van der Waals surface area contributed by atoms with Crippen LogP contribution < -0.4 is 26.8 Å². The van der Waals surface area contributed by atoms with Gasteiger partial charge < -0.3 is 31.0 Å². The molecule has 14 heteroatoms. The van der Waals surface area contributed by atoms with Crippen LogP contribution in [0.15, 0.2) is 4.99 Å². The average Bonchev–Trinajstić information content (AvgIpc) is 3.21. The summed E-state index contributed by atoms with van der Waals surface area (Å²) in [5.41, 5.74) is 5.51. The molecule has 1 saturated heterocycles. The quantitative estimate of drug-likeness (QED) is 0.0852. The van der Waals surface area contributed by atoms with Crippen molar-refractivity contribution < 1.29 is 27.3 Å². The van der Waals surface area contributed by atoms with Crippen LogP contribution in [0.1, 0.15) is 79.6 Å². The van der Waals surface area contributed by atoms with E-state index in [0.29, 0.717) is 37.6 Å². The molecule has 2 bridgehead atoms. The van der Waals surface area contributed by atoms with Gasteiger partial charge >= 0.3 is 7.12 Å². The third-order valence-corrected chi connectivity index (χ3v) is 9.91. The Morgan fingerprint density at radius 2 is 1.85 bits per heavy atom. The van der Waals surface area contributed by atoms with Crippen LogP contribution in [0.4, 0.5) is 0 Å². The summed E-state index contributed by atoms with van der Waals surface area (Å²) in [6.45, 7) is 11.4. The molecule has 1 aliphatic heterocycles. The molecule has 3 saturated carbocycles. The Hall–Kier alpha value is -1.90. The van der Waals surface area contributed by atoms with Gasteiger partial charge in [0.05, 0.1) is 23.4 Å². The highest BCUT2D eigenvalue weighted by molar-refractivity contribution is 7.89. The molecular weight excluding hydrogens is 535 g/mol. The van der Waals surface area contributed by atoms with Crippen LogP contribution in [0.3, 0.4) is 0 Å². The molecule has 0 spiro atoms. The number of aliphatic imine (C=N–C) groups is 1. The molecule has 4 aliphatic rings. The first-order chi connectivity index (χ1) is 18.6. The highest BCUT2D eigenvalue weighted by Gasteiger charge is 2.68. The summed E-state index contributed by atoms with van der Waals surface area (Å²) in [6.07, 6.45) is 3.62. The Morgan fingerprint density at radius 1 is 1.15 bits per heavy atom. The second-order valence-corrected chi connectivity index (χ2v) is 14.6. The topological polar surface area (TPSA) is 187 Å². The largest absolute Gasteiger partial charge is 0.481 e. The van der Waals surface area contributed by atoms with Crippen molar-refractivity contribution in [2.45, 2.75) is 103 Å². The summed E-state index contributed by atoms with van der Waals surface area (Å²) in [6, 6.07) is -0.829. The van der Waals surface area contributed by atoms with E-state index in [1.165, 1.54) is 0 Å². The van der Waals surface area contributed by atoms with E-state index < -0.39 is 40.6 Å². The first-order valence-corrected chi connectivity index (χ1v) is 16.2. The van der Waals surface area contributed by atoms with Crippen molar-refractivity contribution in [3.05, 3.63) is 0 Å². The second kappa shape index (κ2) is 13.0. The minimum atomic E-state index is -3.67. The van der Waals surface area contributed by atoms with Crippen LogP contribution in [-0.4, -0.2) is 76.3 Å². The number of hydrogen-bond acceptors (Lipinski definition) is 7. The Morgan fingerprint density at radius 3 is 2.45 bits per heavy atom. The van der Waals surface area contributed by atoms with Crippen molar-refractivity contribution in [3.63, 3.8) is 0 Å².